The first-order chi connectivity index (χ1) is 12.5. The molecule has 2 amide bonds. The van der Waals surface area contributed by atoms with Crippen molar-refractivity contribution in [3.8, 4) is 0 Å². The van der Waals surface area contributed by atoms with Gasteiger partial charge in [-0.2, -0.15) is 0 Å². The molecular weight excluding hydrogens is 330 g/mol. The lowest BCUT2D eigenvalue weighted by Crippen LogP contribution is -2.58. The second-order valence-electron chi connectivity index (χ2n) is 7.50. The number of benzene rings is 1. The van der Waals surface area contributed by atoms with Crippen LogP contribution in [-0.4, -0.2) is 73.6 Å². The number of anilines is 1. The molecule has 2 aliphatic rings. The number of ether oxygens (including phenoxy) is 1. The van der Waals surface area contributed by atoms with Crippen molar-refractivity contribution in [2.45, 2.75) is 26.8 Å². The molecule has 0 saturated carbocycles. The van der Waals surface area contributed by atoms with Crippen LogP contribution >= 0.6 is 0 Å². The summed E-state index contributed by atoms with van der Waals surface area (Å²) >= 11 is 0. The van der Waals surface area contributed by atoms with Crippen molar-refractivity contribution < 1.29 is 14.3 Å². The largest absolute Gasteiger partial charge is 0.378 e. The van der Waals surface area contributed by atoms with Gasteiger partial charge in [-0.05, 0) is 31.0 Å². The number of carbonyl (C=O) groups excluding carboxylic acids is 2. The number of nitrogens with zero attached hydrogens (tertiary/aromatic N) is 3. The average molecular weight is 359 g/mol. The zero-order valence-corrected chi connectivity index (χ0v) is 16.0. The van der Waals surface area contributed by atoms with Crippen LogP contribution in [0.3, 0.4) is 0 Å². The highest BCUT2D eigenvalue weighted by Crippen LogP contribution is 2.21. The Hall–Kier alpha value is -2.08. The van der Waals surface area contributed by atoms with E-state index >= 15 is 0 Å². The molecule has 1 aromatic rings. The second-order valence-corrected chi connectivity index (χ2v) is 7.50. The van der Waals surface area contributed by atoms with Crippen LogP contribution in [0.1, 0.15) is 31.1 Å². The van der Waals surface area contributed by atoms with Crippen LogP contribution in [0.4, 0.5) is 5.69 Å². The normalized spacial score (nSPS) is 21.5. The molecule has 2 fully saturated rings. The van der Waals surface area contributed by atoms with Crippen LogP contribution in [0.2, 0.25) is 0 Å². The number of hydrogen-bond donors (Lipinski definition) is 0. The minimum atomic E-state index is -0.415. The number of piperazine rings is 1. The van der Waals surface area contributed by atoms with Gasteiger partial charge in [-0.25, -0.2) is 0 Å². The maximum Gasteiger partial charge on any atom is 0.254 e. The Bertz CT molecular complexity index is 655. The highest BCUT2D eigenvalue weighted by atomic mass is 16.5. The van der Waals surface area contributed by atoms with Crippen molar-refractivity contribution >= 4 is 17.5 Å². The first kappa shape index (κ1) is 18.7. The lowest BCUT2D eigenvalue weighted by Gasteiger charge is -2.40. The Balaban J connectivity index is 1.72. The molecule has 0 unspecified atom stereocenters. The molecule has 1 aromatic carbocycles. The van der Waals surface area contributed by atoms with Crippen molar-refractivity contribution in [3.63, 3.8) is 0 Å². The van der Waals surface area contributed by atoms with E-state index in [9.17, 15) is 9.59 Å². The second kappa shape index (κ2) is 8.08. The zero-order valence-electron chi connectivity index (χ0n) is 16.0. The van der Waals surface area contributed by atoms with Gasteiger partial charge in [-0.15, -0.1) is 0 Å². The molecule has 142 valence electrons. The molecule has 2 saturated heterocycles. The monoisotopic (exact) mass is 359 g/mol. The van der Waals surface area contributed by atoms with Crippen LogP contribution in [0, 0.1) is 5.92 Å². The van der Waals surface area contributed by atoms with Crippen LogP contribution in [-0.2, 0) is 9.53 Å². The van der Waals surface area contributed by atoms with E-state index in [2.05, 4.69) is 18.7 Å². The maximum absolute atomic E-state index is 13.0. The standard InChI is InChI=1S/C20H29N3O3/c1-15(2)14-22-7-8-23(16(3)19(22)24)20(25)17-5-4-6-18(13-17)21-9-11-26-12-10-21/h4-6,13,15-16H,7-12,14H2,1-3H3/t16-/m1/s1. The lowest BCUT2D eigenvalue weighted by atomic mass is 10.1. The molecule has 0 N–H and O–H groups in total. The minimum Gasteiger partial charge on any atom is -0.378 e. The van der Waals surface area contributed by atoms with E-state index in [0.717, 1.165) is 25.3 Å². The van der Waals surface area contributed by atoms with Crippen molar-refractivity contribution in [2.75, 3.05) is 50.8 Å². The van der Waals surface area contributed by atoms with Crippen molar-refractivity contribution in [3.05, 3.63) is 29.8 Å². The third-order valence-corrected chi connectivity index (χ3v) is 5.06. The Labute approximate surface area is 155 Å². The number of rotatable bonds is 4. The van der Waals surface area contributed by atoms with Gasteiger partial charge in [0.2, 0.25) is 5.91 Å². The molecule has 0 spiro atoms. The average Bonchev–Trinajstić information content (AvgIpc) is 2.66. The Kier molecular flexibility index (Phi) is 5.81. The number of carbonyl (C=O) groups is 2. The lowest BCUT2D eigenvalue weighted by molar-refractivity contribution is -0.140. The molecule has 6 heteroatoms. The minimum absolute atomic E-state index is 0.0441. The van der Waals surface area contributed by atoms with E-state index in [4.69, 9.17) is 4.74 Å². The van der Waals surface area contributed by atoms with E-state index < -0.39 is 6.04 Å². The van der Waals surface area contributed by atoms with Crippen molar-refractivity contribution in [1.29, 1.82) is 0 Å². The van der Waals surface area contributed by atoms with E-state index in [1.54, 1.807) is 4.90 Å². The molecule has 0 radical (unpaired) electrons. The van der Waals surface area contributed by atoms with E-state index in [0.29, 0.717) is 37.8 Å². The summed E-state index contributed by atoms with van der Waals surface area (Å²) in [6.45, 7) is 11.1. The summed E-state index contributed by atoms with van der Waals surface area (Å²) in [6.07, 6.45) is 0. The van der Waals surface area contributed by atoms with Gasteiger partial charge in [0.05, 0.1) is 13.2 Å². The summed E-state index contributed by atoms with van der Waals surface area (Å²) < 4.78 is 5.40. The first-order valence-electron chi connectivity index (χ1n) is 9.50. The van der Waals surface area contributed by atoms with Gasteiger partial charge < -0.3 is 19.4 Å². The number of morpholine rings is 1. The molecule has 26 heavy (non-hydrogen) atoms. The molecule has 0 aliphatic carbocycles. The zero-order chi connectivity index (χ0) is 18.7. The molecule has 0 bridgehead atoms. The fourth-order valence-electron chi connectivity index (χ4n) is 3.65. The summed E-state index contributed by atoms with van der Waals surface area (Å²) in [4.78, 5) is 31.5. The van der Waals surface area contributed by atoms with Gasteiger partial charge >= 0.3 is 0 Å². The van der Waals surface area contributed by atoms with Gasteiger partial charge in [0.25, 0.3) is 5.91 Å². The fraction of sp³-hybridized carbons (Fsp3) is 0.600. The first-order valence-corrected chi connectivity index (χ1v) is 9.50. The molecule has 0 aromatic heterocycles. The molecule has 2 aliphatic heterocycles. The molecule has 1 atom stereocenters. The van der Waals surface area contributed by atoms with E-state index in [1.165, 1.54) is 0 Å². The van der Waals surface area contributed by atoms with Gasteiger partial charge in [0, 0.05) is 44.0 Å². The Morgan fingerprint density at radius 1 is 1.19 bits per heavy atom. The molecule has 2 heterocycles. The quantitative estimate of drug-likeness (QED) is 0.823. The summed E-state index contributed by atoms with van der Waals surface area (Å²) in [5.41, 5.74) is 1.68. The van der Waals surface area contributed by atoms with E-state index in [-0.39, 0.29) is 11.8 Å². The van der Waals surface area contributed by atoms with Crippen LogP contribution in [0.5, 0.6) is 0 Å². The summed E-state index contributed by atoms with van der Waals surface area (Å²) in [5, 5.41) is 0. The predicted octanol–water partition coefficient (Wildman–Crippen LogP) is 1.85. The molecule has 6 nitrogen and oxygen atoms in total. The SMILES string of the molecule is CC(C)CN1CCN(C(=O)c2cccc(N3CCOCC3)c2)[C@H](C)C1=O. The van der Waals surface area contributed by atoms with Gasteiger partial charge in [0.1, 0.15) is 6.04 Å². The van der Waals surface area contributed by atoms with Crippen LogP contribution < -0.4 is 4.90 Å². The van der Waals surface area contributed by atoms with Crippen molar-refractivity contribution in [1.82, 2.24) is 9.80 Å². The summed E-state index contributed by atoms with van der Waals surface area (Å²) in [7, 11) is 0. The smallest absolute Gasteiger partial charge is 0.254 e. The van der Waals surface area contributed by atoms with E-state index in [1.807, 2.05) is 36.1 Å². The Morgan fingerprint density at radius 2 is 1.92 bits per heavy atom. The molecule has 3 rings (SSSR count). The third-order valence-electron chi connectivity index (χ3n) is 5.06. The van der Waals surface area contributed by atoms with Crippen LogP contribution in [0.15, 0.2) is 24.3 Å². The third kappa shape index (κ3) is 4.01. The van der Waals surface area contributed by atoms with Crippen LogP contribution in [0.25, 0.3) is 0 Å². The Morgan fingerprint density at radius 3 is 2.62 bits per heavy atom. The fourth-order valence-corrected chi connectivity index (χ4v) is 3.65. The summed E-state index contributed by atoms with van der Waals surface area (Å²) in [5.74, 6) is 0.409. The number of amides is 2. The highest BCUT2D eigenvalue weighted by Gasteiger charge is 2.34. The maximum atomic E-state index is 13.0. The van der Waals surface area contributed by atoms with Gasteiger partial charge in [0.15, 0.2) is 0 Å². The van der Waals surface area contributed by atoms with Gasteiger partial charge in [-0.1, -0.05) is 19.9 Å². The predicted molar refractivity (Wildman–Crippen MR) is 101 cm³/mol. The number of hydrogen-bond acceptors (Lipinski definition) is 4. The molecular formula is C20H29N3O3. The summed E-state index contributed by atoms with van der Waals surface area (Å²) in [6, 6.07) is 7.30. The topological polar surface area (TPSA) is 53.1 Å². The van der Waals surface area contributed by atoms with Gasteiger partial charge in [-0.3, -0.25) is 9.59 Å². The van der Waals surface area contributed by atoms with Crippen molar-refractivity contribution in [2.24, 2.45) is 5.92 Å². The highest BCUT2D eigenvalue weighted by molar-refractivity contribution is 5.98.